The lowest BCUT2D eigenvalue weighted by Gasteiger charge is -2.30. The van der Waals surface area contributed by atoms with Crippen LogP contribution in [0.5, 0.6) is 0 Å². The molecule has 27 heavy (non-hydrogen) atoms. The Morgan fingerprint density at radius 3 is 2.74 bits per heavy atom. The van der Waals surface area contributed by atoms with Crippen LogP contribution in [0, 0.1) is 5.92 Å². The van der Waals surface area contributed by atoms with Crippen LogP contribution in [0.2, 0.25) is 0 Å². The zero-order chi connectivity index (χ0) is 17.6. The van der Waals surface area contributed by atoms with E-state index in [4.69, 9.17) is 5.73 Å². The Morgan fingerprint density at radius 1 is 1.33 bits per heavy atom. The van der Waals surface area contributed by atoms with Crippen LogP contribution in [0.4, 0.5) is 5.69 Å². The normalized spacial score (nSPS) is 16.9. The molecule has 2 heterocycles. The minimum Gasteiger partial charge on any atom is -0.330 e. The topological polar surface area (TPSA) is 71.2 Å². The second-order valence-electron chi connectivity index (χ2n) is 6.80. The highest BCUT2D eigenvalue weighted by molar-refractivity contribution is 7.09. The standard InChI is InChI=1S/C19H26N4OS.2ClH/c1-14-3-2-10-23(11-14)12-15-4-6-16(7-5-15)21-19(24)17-13-25-18(22-17)8-9-20;;/h4-7,13-14H,2-3,8-12,20H2,1H3,(H,21,24);2*1H. The molecule has 5 nitrogen and oxygen atoms in total. The van der Waals surface area contributed by atoms with Crippen molar-refractivity contribution in [1.82, 2.24) is 9.88 Å². The molecule has 150 valence electrons. The molecule has 1 saturated heterocycles. The fraction of sp³-hybridized carbons (Fsp3) is 0.474. The summed E-state index contributed by atoms with van der Waals surface area (Å²) in [6.07, 6.45) is 3.34. The Bertz CT molecular complexity index is 708. The Morgan fingerprint density at radius 2 is 2.07 bits per heavy atom. The maximum Gasteiger partial charge on any atom is 0.275 e. The largest absolute Gasteiger partial charge is 0.330 e. The molecule has 1 aromatic carbocycles. The lowest BCUT2D eigenvalue weighted by Crippen LogP contribution is -2.33. The van der Waals surface area contributed by atoms with Gasteiger partial charge in [0.2, 0.25) is 0 Å². The van der Waals surface area contributed by atoms with Crippen molar-refractivity contribution in [3.05, 3.63) is 45.9 Å². The van der Waals surface area contributed by atoms with Crippen LogP contribution in [0.25, 0.3) is 0 Å². The van der Waals surface area contributed by atoms with E-state index in [2.05, 4.69) is 34.3 Å². The Labute approximate surface area is 177 Å². The number of likely N-dealkylation sites (tertiary alicyclic amines) is 1. The van der Waals surface area contributed by atoms with Gasteiger partial charge in [-0.3, -0.25) is 9.69 Å². The molecule has 3 N–H and O–H groups in total. The summed E-state index contributed by atoms with van der Waals surface area (Å²) < 4.78 is 0. The molecule has 2 aromatic rings. The molecule has 8 heteroatoms. The third-order valence-electron chi connectivity index (χ3n) is 4.50. The quantitative estimate of drug-likeness (QED) is 0.726. The Kier molecular flexibility index (Phi) is 10.3. The maximum absolute atomic E-state index is 12.3. The minimum absolute atomic E-state index is 0. The SMILES string of the molecule is CC1CCCN(Cc2ccc(NC(=O)c3csc(CCN)n3)cc2)C1.Cl.Cl. The first-order valence-corrected chi connectivity index (χ1v) is 9.79. The summed E-state index contributed by atoms with van der Waals surface area (Å²) >= 11 is 1.48. The number of amides is 1. The number of benzene rings is 1. The van der Waals surface area contributed by atoms with E-state index in [1.165, 1.54) is 42.8 Å². The molecule has 0 aliphatic carbocycles. The van der Waals surface area contributed by atoms with Gasteiger partial charge < -0.3 is 11.1 Å². The van der Waals surface area contributed by atoms with Gasteiger partial charge in [0.05, 0.1) is 5.01 Å². The number of hydrogen-bond acceptors (Lipinski definition) is 5. The predicted molar refractivity (Wildman–Crippen MR) is 117 cm³/mol. The average Bonchev–Trinajstić information content (AvgIpc) is 3.06. The van der Waals surface area contributed by atoms with Crippen LogP contribution < -0.4 is 11.1 Å². The van der Waals surface area contributed by atoms with E-state index in [1.807, 2.05) is 12.1 Å². The molecule has 1 aliphatic rings. The lowest BCUT2D eigenvalue weighted by atomic mass is 10.00. The van der Waals surface area contributed by atoms with Crippen molar-refractivity contribution in [2.75, 3.05) is 25.0 Å². The van der Waals surface area contributed by atoms with E-state index in [9.17, 15) is 4.79 Å². The van der Waals surface area contributed by atoms with Crippen molar-refractivity contribution in [3.8, 4) is 0 Å². The molecular weight excluding hydrogens is 403 g/mol. The molecular formula is C19H28Cl2N4OS. The van der Waals surface area contributed by atoms with E-state index in [-0.39, 0.29) is 30.7 Å². The zero-order valence-electron chi connectivity index (χ0n) is 15.5. The third-order valence-corrected chi connectivity index (χ3v) is 5.41. The number of thiazole rings is 1. The van der Waals surface area contributed by atoms with Crippen LogP contribution in [0.1, 0.15) is 40.8 Å². The highest BCUT2D eigenvalue weighted by Crippen LogP contribution is 2.19. The summed E-state index contributed by atoms with van der Waals surface area (Å²) in [5.41, 5.74) is 8.06. The van der Waals surface area contributed by atoms with Gasteiger partial charge in [-0.25, -0.2) is 4.98 Å². The summed E-state index contributed by atoms with van der Waals surface area (Å²) in [5.74, 6) is 0.617. The highest BCUT2D eigenvalue weighted by atomic mass is 35.5. The van der Waals surface area contributed by atoms with E-state index in [0.29, 0.717) is 18.7 Å². The molecule has 1 fully saturated rings. The Hall–Kier alpha value is -1.18. The van der Waals surface area contributed by atoms with Crippen molar-refractivity contribution in [2.24, 2.45) is 11.7 Å². The number of piperidine rings is 1. The van der Waals surface area contributed by atoms with Gasteiger partial charge in [0, 0.05) is 30.6 Å². The van der Waals surface area contributed by atoms with Gasteiger partial charge in [-0.2, -0.15) is 0 Å². The molecule has 0 bridgehead atoms. The smallest absolute Gasteiger partial charge is 0.275 e. The first-order valence-electron chi connectivity index (χ1n) is 8.91. The third kappa shape index (κ3) is 7.05. The first-order chi connectivity index (χ1) is 12.1. The van der Waals surface area contributed by atoms with Crippen LogP contribution in [-0.4, -0.2) is 35.4 Å². The van der Waals surface area contributed by atoms with Gasteiger partial charge >= 0.3 is 0 Å². The van der Waals surface area contributed by atoms with Gasteiger partial charge in [-0.1, -0.05) is 19.1 Å². The van der Waals surface area contributed by atoms with Gasteiger partial charge in [0.25, 0.3) is 5.91 Å². The van der Waals surface area contributed by atoms with Gasteiger partial charge in [0.1, 0.15) is 5.69 Å². The van der Waals surface area contributed by atoms with E-state index in [0.717, 1.165) is 23.2 Å². The number of carbonyl (C=O) groups excluding carboxylic acids is 1. The maximum atomic E-state index is 12.3. The lowest BCUT2D eigenvalue weighted by molar-refractivity contribution is 0.102. The fourth-order valence-electron chi connectivity index (χ4n) is 3.23. The number of halogens is 2. The van der Waals surface area contributed by atoms with E-state index < -0.39 is 0 Å². The zero-order valence-corrected chi connectivity index (χ0v) is 18.0. The van der Waals surface area contributed by atoms with Crippen molar-refractivity contribution in [3.63, 3.8) is 0 Å². The van der Waals surface area contributed by atoms with E-state index in [1.54, 1.807) is 5.38 Å². The highest BCUT2D eigenvalue weighted by Gasteiger charge is 2.16. The molecule has 1 aromatic heterocycles. The average molecular weight is 431 g/mol. The van der Waals surface area contributed by atoms with E-state index >= 15 is 0 Å². The number of hydrogen-bond donors (Lipinski definition) is 2. The summed E-state index contributed by atoms with van der Waals surface area (Å²) in [6, 6.07) is 8.12. The molecule has 1 unspecified atom stereocenters. The predicted octanol–water partition coefficient (Wildman–Crippen LogP) is 3.97. The van der Waals surface area contributed by atoms with Gasteiger partial charge in [-0.05, 0) is 49.5 Å². The van der Waals surface area contributed by atoms with Crippen molar-refractivity contribution in [2.45, 2.75) is 32.7 Å². The molecule has 1 atom stereocenters. The fourth-order valence-corrected chi connectivity index (χ4v) is 4.02. The molecule has 0 radical (unpaired) electrons. The van der Waals surface area contributed by atoms with Crippen LogP contribution in [0.3, 0.4) is 0 Å². The number of nitrogens with two attached hydrogens (primary N) is 1. The van der Waals surface area contributed by atoms with Crippen molar-refractivity contribution in [1.29, 1.82) is 0 Å². The summed E-state index contributed by atoms with van der Waals surface area (Å²) in [6.45, 7) is 6.20. The van der Waals surface area contributed by atoms with Crippen LogP contribution in [-0.2, 0) is 13.0 Å². The summed E-state index contributed by atoms with van der Waals surface area (Å²) in [5, 5.41) is 5.60. The molecule has 1 aliphatic heterocycles. The number of nitrogens with zero attached hydrogens (tertiary/aromatic N) is 2. The number of rotatable bonds is 6. The molecule has 0 spiro atoms. The number of nitrogens with one attached hydrogen (secondary N) is 1. The second-order valence-corrected chi connectivity index (χ2v) is 7.74. The number of aromatic nitrogens is 1. The molecule has 0 saturated carbocycles. The van der Waals surface area contributed by atoms with Gasteiger partial charge in [0.15, 0.2) is 0 Å². The second kappa shape index (κ2) is 11.6. The van der Waals surface area contributed by atoms with Crippen molar-refractivity contribution < 1.29 is 4.79 Å². The number of carbonyl (C=O) groups is 1. The first kappa shape index (κ1) is 23.9. The summed E-state index contributed by atoms with van der Waals surface area (Å²) in [7, 11) is 0. The Balaban J connectivity index is 0.00000182. The molecule has 1 amide bonds. The van der Waals surface area contributed by atoms with Crippen LogP contribution >= 0.6 is 36.2 Å². The number of anilines is 1. The monoisotopic (exact) mass is 430 g/mol. The minimum atomic E-state index is -0.169. The van der Waals surface area contributed by atoms with Crippen LogP contribution in [0.15, 0.2) is 29.6 Å². The summed E-state index contributed by atoms with van der Waals surface area (Å²) in [4.78, 5) is 19.1. The van der Waals surface area contributed by atoms with Gasteiger partial charge in [-0.15, -0.1) is 36.2 Å². The van der Waals surface area contributed by atoms with Crippen molar-refractivity contribution >= 4 is 47.7 Å². The molecule has 3 rings (SSSR count).